The summed E-state index contributed by atoms with van der Waals surface area (Å²) in [6, 6.07) is 19.0. The minimum absolute atomic E-state index is 0. The summed E-state index contributed by atoms with van der Waals surface area (Å²) in [5.74, 6) is 0. The Bertz CT molecular complexity index is 2570. The molecular weight excluding hydrogens is 1400 g/mol. The monoisotopic (exact) mass is 1560 g/mol. The second-order valence-electron chi connectivity index (χ2n) is 31.3. The Hall–Kier alpha value is -1.21. The minimum Gasteiger partial charge on any atom is -0.744 e. The largest absolute Gasteiger partial charge is 2.00 e. The maximum Gasteiger partial charge on any atom is 2.00 e. The molecule has 0 aliphatic rings. The van der Waals surface area contributed by atoms with E-state index >= 15 is 0 Å². The molecule has 576 valence electrons. The maximum atomic E-state index is 12.1. The van der Waals surface area contributed by atoms with Gasteiger partial charge in [0.1, 0.15) is 20.2 Å². The van der Waals surface area contributed by atoms with Crippen molar-refractivity contribution in [3.05, 3.63) is 82.9 Å². The molecule has 0 unspecified atom stereocenters. The normalized spacial score (nSPS) is 11.9. The Balaban J connectivity index is 0.000000680. The van der Waals surface area contributed by atoms with E-state index in [9.17, 15) is 25.9 Å². The van der Waals surface area contributed by atoms with Crippen molar-refractivity contribution >= 4 is 90.7 Å². The van der Waals surface area contributed by atoms with Gasteiger partial charge in [-0.05, 0) is 119 Å². The third-order valence-electron chi connectivity index (χ3n) is 22.0. The number of benzene rings is 4. The van der Waals surface area contributed by atoms with Crippen molar-refractivity contribution in [1.82, 2.24) is 0 Å². The number of fused-ring (bicyclic) bond motifs is 2. The zero-order valence-electron chi connectivity index (χ0n) is 66.8. The molecule has 0 heterocycles. The second-order valence-corrected chi connectivity index (χ2v) is 34.0. The number of hydrogen-bond acceptors (Lipinski definition) is 6. The van der Waals surface area contributed by atoms with Gasteiger partial charge < -0.3 is 9.11 Å². The van der Waals surface area contributed by atoms with E-state index in [1.54, 1.807) is 12.1 Å². The van der Waals surface area contributed by atoms with Crippen LogP contribution < -0.4 is 0 Å². The van der Waals surface area contributed by atoms with E-state index in [0.29, 0.717) is 10.8 Å². The molecule has 0 aliphatic heterocycles. The van der Waals surface area contributed by atoms with Crippen molar-refractivity contribution in [2.45, 2.75) is 474 Å². The molecule has 0 aliphatic carbocycles. The fourth-order valence-corrected chi connectivity index (χ4v) is 17.0. The molecule has 0 atom stereocenters. The maximum absolute atomic E-state index is 12.1. The molecule has 0 spiro atoms. The summed E-state index contributed by atoms with van der Waals surface area (Å²) >= 11 is 0. The summed E-state index contributed by atoms with van der Waals surface area (Å²) in [6.07, 6.45) is 90.6. The van der Waals surface area contributed by atoms with E-state index in [1.807, 2.05) is 24.3 Å². The van der Waals surface area contributed by atoms with E-state index in [-0.39, 0.29) is 58.7 Å². The molecule has 0 saturated carbocycles. The van der Waals surface area contributed by atoms with E-state index < -0.39 is 20.2 Å². The molecule has 4 rings (SSSR count). The predicted molar refractivity (Wildman–Crippen MR) is 443 cm³/mol. The van der Waals surface area contributed by atoms with Crippen LogP contribution in [0.1, 0.15) is 461 Å². The van der Waals surface area contributed by atoms with Crippen molar-refractivity contribution in [3.8, 4) is 0 Å². The van der Waals surface area contributed by atoms with Crippen molar-refractivity contribution in [2.75, 3.05) is 0 Å². The number of aryl methyl sites for hydroxylation is 4. The Labute approximate surface area is 667 Å². The molecule has 0 aromatic heterocycles. The average Bonchev–Trinajstić information content (AvgIpc) is 0.787. The summed E-state index contributed by atoms with van der Waals surface area (Å²) in [7, 11) is -9.03. The molecule has 0 saturated heterocycles. The van der Waals surface area contributed by atoms with Crippen LogP contribution in [0.5, 0.6) is 0 Å². The summed E-state index contributed by atoms with van der Waals surface area (Å²) in [5, 5.41) is 3.14. The van der Waals surface area contributed by atoms with E-state index in [0.717, 1.165) is 62.1 Å². The molecule has 0 amide bonds. The van der Waals surface area contributed by atoms with Gasteiger partial charge in [0.2, 0.25) is 0 Å². The average molecular weight is 1560 g/mol. The SMILES string of the molecule is CCCCCCCCCCCCCCCCCCc1cc(CCCCCCCCCCCCCCCCCC)c2cccc(S(=O)(=O)[O-])c2c1.CCCCCCCCCCCCCCCCCCc1cc(CCCCCCCCCCCCCCCCCC)c2cccc(S(=O)(=O)[O-])c2c1.[Ba+2]. The van der Waals surface area contributed by atoms with Crippen LogP contribution in [-0.4, -0.2) is 74.8 Å². The Morgan fingerprint density at radius 3 is 0.564 bits per heavy atom. The summed E-state index contributed by atoms with van der Waals surface area (Å²) in [6.45, 7) is 9.14. The van der Waals surface area contributed by atoms with Crippen LogP contribution in [0.2, 0.25) is 0 Å². The summed E-state index contributed by atoms with van der Waals surface area (Å²) in [4.78, 5) is -0.117. The minimum atomic E-state index is -4.52. The predicted octanol–water partition coefficient (Wildman–Crippen LogP) is 30.3. The van der Waals surface area contributed by atoms with Gasteiger partial charge in [-0.25, -0.2) is 16.8 Å². The Morgan fingerprint density at radius 2 is 0.386 bits per heavy atom. The third kappa shape index (κ3) is 50.9. The van der Waals surface area contributed by atoms with Gasteiger partial charge in [0.15, 0.2) is 0 Å². The molecule has 101 heavy (non-hydrogen) atoms. The van der Waals surface area contributed by atoms with Gasteiger partial charge in [0.05, 0.1) is 9.79 Å². The van der Waals surface area contributed by atoms with Gasteiger partial charge in [-0.2, -0.15) is 0 Å². The number of hydrogen-bond donors (Lipinski definition) is 0. The van der Waals surface area contributed by atoms with Crippen LogP contribution >= 0.6 is 0 Å². The first-order chi connectivity index (χ1) is 48.9. The fraction of sp³-hybridized carbons (Fsp3) is 0.783. The van der Waals surface area contributed by atoms with Crippen LogP contribution in [0.4, 0.5) is 0 Å². The first-order valence-electron chi connectivity index (χ1n) is 43.9. The molecule has 0 fully saturated rings. The van der Waals surface area contributed by atoms with Crippen LogP contribution in [-0.2, 0) is 45.9 Å². The molecule has 0 bridgehead atoms. The van der Waals surface area contributed by atoms with Crippen LogP contribution in [0.3, 0.4) is 0 Å². The van der Waals surface area contributed by atoms with Gasteiger partial charge >= 0.3 is 48.9 Å². The van der Waals surface area contributed by atoms with Crippen LogP contribution in [0.25, 0.3) is 21.5 Å². The Kier molecular flexibility index (Phi) is 63.5. The van der Waals surface area contributed by atoms with E-state index in [1.165, 1.54) is 420 Å². The first-order valence-corrected chi connectivity index (χ1v) is 46.8. The first kappa shape index (κ1) is 95.9. The smallest absolute Gasteiger partial charge is 0.744 e. The quantitative estimate of drug-likeness (QED) is 0.0247. The Morgan fingerprint density at radius 1 is 0.218 bits per heavy atom. The van der Waals surface area contributed by atoms with Crippen molar-refractivity contribution in [1.29, 1.82) is 0 Å². The number of unbranched alkanes of at least 4 members (excludes halogenated alkanes) is 60. The molecular formula is C92H158BaO6S2. The molecule has 4 aromatic rings. The second kappa shape index (κ2) is 67.0. The zero-order valence-corrected chi connectivity index (χ0v) is 72.9. The van der Waals surface area contributed by atoms with E-state index in [2.05, 4.69) is 39.8 Å². The molecule has 4 aromatic carbocycles. The summed E-state index contributed by atoms with van der Waals surface area (Å²) < 4.78 is 72.9. The van der Waals surface area contributed by atoms with Gasteiger partial charge in [0.25, 0.3) is 0 Å². The zero-order chi connectivity index (χ0) is 71.9. The topological polar surface area (TPSA) is 114 Å². The van der Waals surface area contributed by atoms with Crippen LogP contribution in [0, 0.1) is 0 Å². The van der Waals surface area contributed by atoms with Crippen molar-refractivity contribution in [3.63, 3.8) is 0 Å². The molecule has 6 nitrogen and oxygen atoms in total. The molecule has 9 heteroatoms. The van der Waals surface area contributed by atoms with E-state index in [4.69, 9.17) is 0 Å². The number of rotatable bonds is 70. The van der Waals surface area contributed by atoms with Crippen LogP contribution in [0.15, 0.2) is 70.5 Å². The van der Waals surface area contributed by atoms with Gasteiger partial charge in [-0.1, -0.05) is 449 Å². The van der Waals surface area contributed by atoms with Gasteiger partial charge in [-0.3, -0.25) is 0 Å². The standard InChI is InChI=1S/2C46H80O3S.Ba/c2*1-3-5-7-9-11-13-15-17-19-21-23-25-27-29-31-33-36-42-40-43(44-38-35-39-46(45(44)41-42)50(47,48)49)37-34-32-30-28-26-24-22-20-18-16-14-12-10-8-6-4-2;/h2*35,38-41H,3-34,36-37H2,1-2H3,(H,47,48,49);/q;;+2/p-2. The molecule has 0 N–H and O–H groups in total. The third-order valence-corrected chi connectivity index (χ3v) is 23.8. The molecule has 0 radical (unpaired) electrons. The summed E-state index contributed by atoms with van der Waals surface area (Å²) in [5.41, 5.74) is 4.80. The van der Waals surface area contributed by atoms with Gasteiger partial charge in [0, 0.05) is 0 Å². The fourth-order valence-electron chi connectivity index (χ4n) is 15.6. The van der Waals surface area contributed by atoms with Gasteiger partial charge in [-0.15, -0.1) is 0 Å². The van der Waals surface area contributed by atoms with Crippen molar-refractivity contribution in [2.24, 2.45) is 0 Å². The van der Waals surface area contributed by atoms with Crippen molar-refractivity contribution < 1.29 is 25.9 Å².